The van der Waals surface area contributed by atoms with Crippen LogP contribution in [0.3, 0.4) is 0 Å². The highest BCUT2D eigenvalue weighted by atomic mass is 35.5. The summed E-state index contributed by atoms with van der Waals surface area (Å²) >= 11 is 6.05. The Morgan fingerprint density at radius 2 is 1.95 bits per heavy atom. The first-order chi connectivity index (χ1) is 9.15. The summed E-state index contributed by atoms with van der Waals surface area (Å²) in [6.45, 7) is 0. The molecule has 2 aromatic carbocycles. The Balaban J connectivity index is 2.53. The minimum absolute atomic E-state index is 0.313. The van der Waals surface area contributed by atoms with E-state index in [1.165, 1.54) is 12.1 Å². The molecule has 0 N–H and O–H groups in total. The van der Waals surface area contributed by atoms with Crippen LogP contribution in [0.2, 0.25) is 5.02 Å². The van der Waals surface area contributed by atoms with Gasteiger partial charge in [0, 0.05) is 11.1 Å². The molecule has 0 atom stereocenters. The summed E-state index contributed by atoms with van der Waals surface area (Å²) in [7, 11) is 1.55. The van der Waals surface area contributed by atoms with Crippen LogP contribution in [-0.4, -0.2) is 7.11 Å². The smallest absolute Gasteiger partial charge is 0.127 e. The highest BCUT2D eigenvalue weighted by Gasteiger charge is 2.11. The molecule has 0 aliphatic carbocycles. The van der Waals surface area contributed by atoms with Gasteiger partial charge in [-0.05, 0) is 29.8 Å². The molecule has 96 valence electrons. The predicted molar refractivity (Wildman–Crippen MR) is 72.7 cm³/mol. The van der Waals surface area contributed by atoms with Crippen LogP contribution in [0.25, 0.3) is 11.1 Å². The summed E-state index contributed by atoms with van der Waals surface area (Å²) in [5.74, 6) is 0.232. The zero-order valence-corrected chi connectivity index (χ0v) is 11.0. The van der Waals surface area contributed by atoms with E-state index in [0.717, 1.165) is 11.1 Å². The van der Waals surface area contributed by atoms with Crippen molar-refractivity contribution in [3.05, 3.63) is 52.8 Å². The standard InChI is InChI=1S/C15H11ClFNO/c1-19-15-8-10(6-7-18)2-4-13(15)12-5-3-11(17)9-14(12)16/h2-5,8-9H,6H2,1H3. The molecule has 2 nitrogen and oxygen atoms in total. The molecule has 0 aromatic heterocycles. The summed E-state index contributed by atoms with van der Waals surface area (Å²) in [5, 5.41) is 9.02. The maximum absolute atomic E-state index is 13.1. The van der Waals surface area contributed by atoms with Gasteiger partial charge in [-0.3, -0.25) is 0 Å². The lowest BCUT2D eigenvalue weighted by atomic mass is 10.0. The van der Waals surface area contributed by atoms with Crippen molar-refractivity contribution < 1.29 is 9.13 Å². The average Bonchev–Trinajstić information content (AvgIpc) is 2.39. The maximum atomic E-state index is 13.1. The summed E-state index contributed by atoms with van der Waals surface area (Å²) in [5.41, 5.74) is 2.33. The zero-order chi connectivity index (χ0) is 13.8. The normalized spacial score (nSPS) is 10.0. The van der Waals surface area contributed by atoms with Crippen molar-refractivity contribution >= 4 is 11.6 Å². The summed E-state index contributed by atoms with van der Waals surface area (Å²) in [4.78, 5) is 0. The molecule has 4 heteroatoms. The SMILES string of the molecule is COc1cc(CC#N)ccc1-c1ccc(F)cc1Cl. The van der Waals surface area contributed by atoms with Gasteiger partial charge in [0.25, 0.3) is 0 Å². The van der Waals surface area contributed by atoms with E-state index in [1.54, 1.807) is 19.2 Å². The molecule has 0 amide bonds. The lowest BCUT2D eigenvalue weighted by Gasteiger charge is -2.11. The summed E-state index contributed by atoms with van der Waals surface area (Å²) < 4.78 is 18.4. The van der Waals surface area contributed by atoms with Gasteiger partial charge in [-0.2, -0.15) is 5.26 Å². The molecule has 0 spiro atoms. The Hall–Kier alpha value is -2.05. The molecule has 0 saturated heterocycles. The predicted octanol–water partition coefficient (Wildman–Crippen LogP) is 4.22. The van der Waals surface area contributed by atoms with E-state index in [-0.39, 0.29) is 5.82 Å². The second-order valence-electron chi connectivity index (χ2n) is 3.99. The highest BCUT2D eigenvalue weighted by Crippen LogP contribution is 2.35. The highest BCUT2D eigenvalue weighted by molar-refractivity contribution is 6.33. The first-order valence-corrected chi connectivity index (χ1v) is 6.03. The van der Waals surface area contributed by atoms with E-state index in [9.17, 15) is 4.39 Å². The molecular weight excluding hydrogens is 265 g/mol. The third-order valence-electron chi connectivity index (χ3n) is 2.77. The Bertz CT molecular complexity index is 649. The summed E-state index contributed by atoms with van der Waals surface area (Å²) in [6.07, 6.45) is 0.313. The maximum Gasteiger partial charge on any atom is 0.127 e. The van der Waals surface area contributed by atoms with Gasteiger partial charge < -0.3 is 4.74 Å². The minimum atomic E-state index is -0.381. The lowest BCUT2D eigenvalue weighted by molar-refractivity contribution is 0.416. The van der Waals surface area contributed by atoms with Crippen molar-refractivity contribution in [3.8, 4) is 22.9 Å². The Kier molecular flexibility index (Phi) is 4.03. The van der Waals surface area contributed by atoms with Gasteiger partial charge in [0.15, 0.2) is 0 Å². The van der Waals surface area contributed by atoms with Gasteiger partial charge in [0.1, 0.15) is 11.6 Å². The van der Waals surface area contributed by atoms with Crippen LogP contribution >= 0.6 is 11.6 Å². The third-order valence-corrected chi connectivity index (χ3v) is 3.08. The monoisotopic (exact) mass is 275 g/mol. The number of rotatable bonds is 3. The molecule has 0 aliphatic rings. The van der Waals surface area contributed by atoms with E-state index < -0.39 is 0 Å². The van der Waals surface area contributed by atoms with Crippen molar-refractivity contribution in [2.24, 2.45) is 0 Å². The fourth-order valence-corrected chi connectivity index (χ4v) is 2.14. The van der Waals surface area contributed by atoms with E-state index in [1.807, 2.05) is 12.1 Å². The molecule has 0 saturated carbocycles. The topological polar surface area (TPSA) is 33.0 Å². The second kappa shape index (κ2) is 5.73. The molecule has 0 aliphatic heterocycles. The van der Waals surface area contributed by atoms with Gasteiger partial charge in [-0.25, -0.2) is 4.39 Å². The van der Waals surface area contributed by atoms with Gasteiger partial charge in [-0.1, -0.05) is 23.7 Å². The van der Waals surface area contributed by atoms with Crippen molar-refractivity contribution in [2.75, 3.05) is 7.11 Å². The number of nitrogens with zero attached hydrogens (tertiary/aromatic N) is 1. The number of ether oxygens (including phenoxy) is 1. The Morgan fingerprint density at radius 1 is 1.21 bits per heavy atom. The quantitative estimate of drug-likeness (QED) is 0.840. The van der Waals surface area contributed by atoms with E-state index >= 15 is 0 Å². The van der Waals surface area contributed by atoms with Crippen LogP contribution in [-0.2, 0) is 6.42 Å². The number of hydrogen-bond acceptors (Lipinski definition) is 2. The zero-order valence-electron chi connectivity index (χ0n) is 10.3. The van der Waals surface area contributed by atoms with Crippen LogP contribution in [0.1, 0.15) is 5.56 Å². The van der Waals surface area contributed by atoms with E-state index in [2.05, 4.69) is 6.07 Å². The molecule has 0 heterocycles. The molecular formula is C15H11ClFNO. The fourth-order valence-electron chi connectivity index (χ4n) is 1.87. The van der Waals surface area contributed by atoms with Crippen LogP contribution in [0.4, 0.5) is 4.39 Å². The largest absolute Gasteiger partial charge is 0.496 e. The van der Waals surface area contributed by atoms with Crippen LogP contribution in [0, 0.1) is 17.1 Å². The molecule has 0 unspecified atom stereocenters. The molecule has 0 bridgehead atoms. The van der Waals surface area contributed by atoms with Crippen molar-refractivity contribution in [2.45, 2.75) is 6.42 Å². The lowest BCUT2D eigenvalue weighted by Crippen LogP contribution is -1.92. The van der Waals surface area contributed by atoms with Gasteiger partial charge in [0.05, 0.1) is 24.6 Å². The minimum Gasteiger partial charge on any atom is -0.496 e. The number of halogens is 2. The molecule has 0 radical (unpaired) electrons. The number of methoxy groups -OCH3 is 1. The number of benzene rings is 2. The molecule has 2 aromatic rings. The molecule has 2 rings (SSSR count). The Labute approximate surface area is 116 Å². The van der Waals surface area contributed by atoms with Gasteiger partial charge in [-0.15, -0.1) is 0 Å². The van der Waals surface area contributed by atoms with E-state index in [4.69, 9.17) is 21.6 Å². The third kappa shape index (κ3) is 2.86. The van der Waals surface area contributed by atoms with Crippen molar-refractivity contribution in [1.29, 1.82) is 5.26 Å². The van der Waals surface area contributed by atoms with Crippen LogP contribution < -0.4 is 4.74 Å². The van der Waals surface area contributed by atoms with Crippen molar-refractivity contribution in [1.82, 2.24) is 0 Å². The number of nitriles is 1. The van der Waals surface area contributed by atoms with Crippen molar-refractivity contribution in [3.63, 3.8) is 0 Å². The second-order valence-corrected chi connectivity index (χ2v) is 4.40. The summed E-state index contributed by atoms with van der Waals surface area (Å²) in [6, 6.07) is 11.8. The van der Waals surface area contributed by atoms with E-state index in [0.29, 0.717) is 22.8 Å². The van der Waals surface area contributed by atoms with Gasteiger partial charge in [0.2, 0.25) is 0 Å². The van der Waals surface area contributed by atoms with Gasteiger partial charge >= 0.3 is 0 Å². The molecule has 19 heavy (non-hydrogen) atoms. The first kappa shape index (κ1) is 13.4. The fraction of sp³-hybridized carbons (Fsp3) is 0.133. The number of hydrogen-bond donors (Lipinski definition) is 0. The average molecular weight is 276 g/mol. The molecule has 0 fully saturated rings. The Morgan fingerprint density at radius 3 is 2.58 bits per heavy atom. The van der Waals surface area contributed by atoms with Crippen LogP contribution in [0.15, 0.2) is 36.4 Å². The first-order valence-electron chi connectivity index (χ1n) is 5.65. The van der Waals surface area contributed by atoms with Crippen LogP contribution in [0.5, 0.6) is 5.75 Å².